The van der Waals surface area contributed by atoms with Crippen molar-refractivity contribution >= 4 is 5.69 Å². The molecule has 2 rings (SSSR count). The number of rotatable bonds is 9. The molecule has 0 radical (unpaired) electrons. The molecule has 6 heteroatoms. The first-order valence-electron chi connectivity index (χ1n) is 7.96. The molecule has 1 saturated heterocycles. The van der Waals surface area contributed by atoms with Crippen molar-refractivity contribution in [2.75, 3.05) is 39.5 Å². The SMILES string of the molecule is OCCCCCCOc1ccc(N=NN2CCOCC2)cc1. The second kappa shape index (κ2) is 10.1. The van der Waals surface area contributed by atoms with Crippen molar-refractivity contribution in [2.24, 2.45) is 10.3 Å². The highest BCUT2D eigenvalue weighted by atomic mass is 16.5. The van der Waals surface area contributed by atoms with E-state index in [4.69, 9.17) is 14.6 Å². The number of unbranched alkanes of at least 4 members (excludes halogenated alkanes) is 3. The fourth-order valence-electron chi connectivity index (χ4n) is 2.12. The smallest absolute Gasteiger partial charge is 0.119 e. The summed E-state index contributed by atoms with van der Waals surface area (Å²) in [6, 6.07) is 7.65. The minimum Gasteiger partial charge on any atom is -0.494 e. The number of benzene rings is 1. The van der Waals surface area contributed by atoms with Crippen LogP contribution in [0.1, 0.15) is 25.7 Å². The van der Waals surface area contributed by atoms with Gasteiger partial charge in [-0.05, 0) is 43.5 Å². The molecule has 0 spiro atoms. The largest absolute Gasteiger partial charge is 0.494 e. The van der Waals surface area contributed by atoms with Crippen LogP contribution in [0.4, 0.5) is 5.69 Å². The Balaban J connectivity index is 1.67. The van der Waals surface area contributed by atoms with E-state index in [2.05, 4.69) is 10.3 Å². The van der Waals surface area contributed by atoms with Gasteiger partial charge in [0.15, 0.2) is 0 Å². The van der Waals surface area contributed by atoms with Crippen LogP contribution in [-0.4, -0.2) is 49.6 Å². The third kappa shape index (κ3) is 6.41. The molecule has 1 aromatic carbocycles. The lowest BCUT2D eigenvalue weighted by Crippen LogP contribution is -2.31. The van der Waals surface area contributed by atoms with Crippen LogP contribution in [0.3, 0.4) is 0 Å². The second-order valence-electron chi connectivity index (χ2n) is 5.24. The van der Waals surface area contributed by atoms with Gasteiger partial charge in [0, 0.05) is 6.61 Å². The zero-order valence-electron chi connectivity index (χ0n) is 13.0. The molecule has 0 aliphatic carbocycles. The van der Waals surface area contributed by atoms with E-state index in [1.54, 1.807) is 0 Å². The molecule has 1 aliphatic rings. The highest BCUT2D eigenvalue weighted by Gasteiger charge is 2.07. The van der Waals surface area contributed by atoms with E-state index in [0.717, 1.165) is 50.2 Å². The number of hydrogen-bond donors (Lipinski definition) is 1. The van der Waals surface area contributed by atoms with Gasteiger partial charge in [0.25, 0.3) is 0 Å². The number of aliphatic hydroxyl groups excluding tert-OH is 1. The summed E-state index contributed by atoms with van der Waals surface area (Å²) in [4.78, 5) is 0. The molecular weight excluding hydrogens is 282 g/mol. The molecule has 1 heterocycles. The van der Waals surface area contributed by atoms with Gasteiger partial charge in [-0.1, -0.05) is 11.6 Å². The minimum absolute atomic E-state index is 0.279. The number of morpholine rings is 1. The number of aliphatic hydroxyl groups is 1. The molecule has 0 amide bonds. The van der Waals surface area contributed by atoms with E-state index in [0.29, 0.717) is 19.8 Å². The molecule has 0 bridgehead atoms. The van der Waals surface area contributed by atoms with Gasteiger partial charge in [-0.2, -0.15) is 0 Å². The predicted octanol–water partition coefficient (Wildman–Crippen LogP) is 2.95. The van der Waals surface area contributed by atoms with Crippen LogP contribution >= 0.6 is 0 Å². The number of hydrogen-bond acceptors (Lipinski definition) is 5. The summed E-state index contributed by atoms with van der Waals surface area (Å²) in [6.07, 6.45) is 4.04. The molecule has 0 unspecified atom stereocenters. The van der Waals surface area contributed by atoms with Gasteiger partial charge in [-0.3, -0.25) is 5.01 Å². The van der Waals surface area contributed by atoms with Crippen molar-refractivity contribution in [3.8, 4) is 5.75 Å². The van der Waals surface area contributed by atoms with Crippen LogP contribution in [0, 0.1) is 0 Å². The summed E-state index contributed by atoms with van der Waals surface area (Å²) in [5, 5.41) is 19.0. The van der Waals surface area contributed by atoms with Crippen molar-refractivity contribution in [3.05, 3.63) is 24.3 Å². The third-order valence-corrected chi connectivity index (χ3v) is 3.43. The van der Waals surface area contributed by atoms with Gasteiger partial charge in [0.05, 0.1) is 38.6 Å². The zero-order chi connectivity index (χ0) is 15.5. The molecule has 1 N–H and O–H groups in total. The monoisotopic (exact) mass is 307 g/mol. The summed E-state index contributed by atoms with van der Waals surface area (Å²) < 4.78 is 10.9. The predicted molar refractivity (Wildman–Crippen MR) is 84.4 cm³/mol. The van der Waals surface area contributed by atoms with Gasteiger partial charge >= 0.3 is 0 Å². The van der Waals surface area contributed by atoms with E-state index < -0.39 is 0 Å². The van der Waals surface area contributed by atoms with E-state index in [1.165, 1.54) is 0 Å². The molecule has 0 atom stereocenters. The lowest BCUT2D eigenvalue weighted by molar-refractivity contribution is 0.0354. The quantitative estimate of drug-likeness (QED) is 0.562. The average Bonchev–Trinajstić information content (AvgIpc) is 2.58. The Kier molecular flexibility index (Phi) is 7.69. The first kappa shape index (κ1) is 16.7. The van der Waals surface area contributed by atoms with Crippen LogP contribution in [0.25, 0.3) is 0 Å². The Morgan fingerprint density at radius 1 is 1.05 bits per heavy atom. The molecular formula is C16H25N3O3. The maximum atomic E-state index is 8.70. The standard InChI is InChI=1S/C16H25N3O3/c20-11-3-1-2-4-12-22-16-7-5-15(6-8-16)17-18-19-9-13-21-14-10-19/h5-8,20H,1-4,9-14H2. The first-order chi connectivity index (χ1) is 10.9. The molecule has 1 aliphatic heterocycles. The highest BCUT2D eigenvalue weighted by Crippen LogP contribution is 2.19. The fourth-order valence-corrected chi connectivity index (χ4v) is 2.12. The lowest BCUT2D eigenvalue weighted by atomic mass is 10.2. The van der Waals surface area contributed by atoms with Crippen LogP contribution in [-0.2, 0) is 4.74 Å². The van der Waals surface area contributed by atoms with E-state index in [1.807, 2.05) is 29.3 Å². The summed E-state index contributed by atoms with van der Waals surface area (Å²) in [5.41, 5.74) is 0.821. The highest BCUT2D eigenvalue weighted by molar-refractivity contribution is 5.40. The molecule has 22 heavy (non-hydrogen) atoms. The Labute approximate surface area is 131 Å². The maximum absolute atomic E-state index is 8.70. The zero-order valence-corrected chi connectivity index (χ0v) is 13.0. The summed E-state index contributed by atoms with van der Waals surface area (Å²) in [7, 11) is 0. The molecule has 6 nitrogen and oxygen atoms in total. The Hall–Kier alpha value is -1.66. The van der Waals surface area contributed by atoms with E-state index in [9.17, 15) is 0 Å². The Morgan fingerprint density at radius 2 is 1.77 bits per heavy atom. The summed E-state index contributed by atoms with van der Waals surface area (Å²) >= 11 is 0. The first-order valence-corrected chi connectivity index (χ1v) is 7.96. The maximum Gasteiger partial charge on any atom is 0.119 e. The summed E-state index contributed by atoms with van der Waals surface area (Å²) in [6.45, 7) is 4.00. The fraction of sp³-hybridized carbons (Fsp3) is 0.625. The van der Waals surface area contributed by atoms with Gasteiger partial charge < -0.3 is 14.6 Å². The van der Waals surface area contributed by atoms with Gasteiger partial charge in [-0.15, -0.1) is 5.11 Å². The second-order valence-corrected chi connectivity index (χ2v) is 5.24. The Bertz CT molecular complexity index is 431. The molecule has 122 valence electrons. The van der Waals surface area contributed by atoms with Crippen LogP contribution in [0.2, 0.25) is 0 Å². The van der Waals surface area contributed by atoms with Gasteiger partial charge in [0.1, 0.15) is 5.75 Å². The van der Waals surface area contributed by atoms with Gasteiger partial charge in [-0.25, -0.2) is 0 Å². The van der Waals surface area contributed by atoms with Crippen molar-refractivity contribution in [1.29, 1.82) is 0 Å². The Morgan fingerprint density at radius 3 is 2.50 bits per heavy atom. The van der Waals surface area contributed by atoms with E-state index >= 15 is 0 Å². The van der Waals surface area contributed by atoms with Crippen molar-refractivity contribution in [3.63, 3.8) is 0 Å². The van der Waals surface area contributed by atoms with Crippen LogP contribution in [0.15, 0.2) is 34.6 Å². The van der Waals surface area contributed by atoms with E-state index in [-0.39, 0.29) is 6.61 Å². The normalized spacial score (nSPS) is 15.4. The molecule has 1 fully saturated rings. The molecule has 0 saturated carbocycles. The van der Waals surface area contributed by atoms with Crippen molar-refractivity contribution in [2.45, 2.75) is 25.7 Å². The number of ether oxygens (including phenoxy) is 2. The van der Waals surface area contributed by atoms with Crippen LogP contribution < -0.4 is 4.74 Å². The summed E-state index contributed by atoms with van der Waals surface area (Å²) in [5.74, 6) is 0.854. The lowest BCUT2D eigenvalue weighted by Gasteiger charge is -2.22. The van der Waals surface area contributed by atoms with Gasteiger partial charge in [0.2, 0.25) is 0 Å². The average molecular weight is 307 g/mol. The van der Waals surface area contributed by atoms with Crippen LogP contribution in [0.5, 0.6) is 5.75 Å². The topological polar surface area (TPSA) is 66.7 Å². The van der Waals surface area contributed by atoms with Crippen molar-refractivity contribution < 1.29 is 14.6 Å². The number of nitrogens with zero attached hydrogens (tertiary/aromatic N) is 3. The minimum atomic E-state index is 0.279. The molecule has 0 aromatic heterocycles. The molecule has 1 aromatic rings. The van der Waals surface area contributed by atoms with Crippen molar-refractivity contribution in [1.82, 2.24) is 5.01 Å². The third-order valence-electron chi connectivity index (χ3n) is 3.43.